The third kappa shape index (κ3) is 5.22. The van der Waals surface area contributed by atoms with Crippen LogP contribution in [0.25, 0.3) is 0 Å². The average Bonchev–Trinajstić information content (AvgIpc) is 2.20. The molecule has 2 unspecified atom stereocenters. The van der Waals surface area contributed by atoms with Gasteiger partial charge in [-0.2, -0.15) is 0 Å². The van der Waals surface area contributed by atoms with Gasteiger partial charge in [0.1, 0.15) is 0 Å². The minimum absolute atomic E-state index is 0.183. The van der Waals surface area contributed by atoms with E-state index in [0.717, 1.165) is 13.1 Å². The Morgan fingerprint density at radius 2 is 1.76 bits per heavy atom. The highest BCUT2D eigenvalue weighted by Crippen LogP contribution is 2.23. The van der Waals surface area contributed by atoms with Gasteiger partial charge in [0.05, 0.1) is 0 Å². The Hall–Kier alpha value is -0.340. The maximum Gasteiger partial charge on any atom is 0.0208 e. The van der Waals surface area contributed by atoms with Crippen molar-refractivity contribution in [3.05, 3.63) is 12.2 Å². The molecule has 0 bridgehead atoms. The molecule has 0 amide bonds. The Morgan fingerprint density at radius 3 is 2.24 bits per heavy atom. The molecule has 0 aliphatic carbocycles. The monoisotopic (exact) mass is 238 g/mol. The average molecular weight is 238 g/mol. The quantitative estimate of drug-likeness (QED) is 0.757. The van der Waals surface area contributed by atoms with E-state index in [9.17, 15) is 0 Å². The maximum atomic E-state index is 4.22. The summed E-state index contributed by atoms with van der Waals surface area (Å²) in [6, 6.07) is 1.43. The van der Waals surface area contributed by atoms with E-state index in [0.29, 0.717) is 12.1 Å². The molecule has 0 aromatic rings. The van der Waals surface area contributed by atoms with Crippen molar-refractivity contribution in [1.82, 2.24) is 10.2 Å². The second-order valence-corrected chi connectivity index (χ2v) is 6.65. The fourth-order valence-electron chi connectivity index (χ4n) is 2.49. The van der Waals surface area contributed by atoms with Crippen LogP contribution in [-0.2, 0) is 0 Å². The van der Waals surface area contributed by atoms with Crippen LogP contribution in [0.1, 0.15) is 53.9 Å². The van der Waals surface area contributed by atoms with Crippen LogP contribution in [0.4, 0.5) is 0 Å². The molecule has 1 aliphatic heterocycles. The standard InChI is InChI=1S/C15H30N2/c1-12(10-16-15(4,5)6)11-17-13(2)8-7-9-14(17)3/h13-14,16H,1,7-11H2,2-6H3. The van der Waals surface area contributed by atoms with Crippen molar-refractivity contribution in [3.8, 4) is 0 Å². The van der Waals surface area contributed by atoms with Crippen molar-refractivity contribution in [1.29, 1.82) is 0 Å². The van der Waals surface area contributed by atoms with E-state index in [4.69, 9.17) is 0 Å². The molecule has 1 heterocycles. The Balaban J connectivity index is 2.39. The van der Waals surface area contributed by atoms with Crippen molar-refractivity contribution in [2.45, 2.75) is 71.5 Å². The van der Waals surface area contributed by atoms with Gasteiger partial charge in [-0.15, -0.1) is 0 Å². The number of nitrogens with one attached hydrogen (secondary N) is 1. The molecule has 0 spiro atoms. The van der Waals surface area contributed by atoms with Crippen molar-refractivity contribution in [2.24, 2.45) is 0 Å². The first-order chi connectivity index (χ1) is 7.79. The Labute approximate surface area is 107 Å². The van der Waals surface area contributed by atoms with Gasteiger partial charge in [-0.25, -0.2) is 0 Å². The molecule has 0 aromatic carbocycles. The van der Waals surface area contributed by atoms with E-state index in [1.165, 1.54) is 24.8 Å². The molecule has 0 radical (unpaired) electrons. The first-order valence-corrected chi connectivity index (χ1v) is 6.97. The fourth-order valence-corrected chi connectivity index (χ4v) is 2.49. The van der Waals surface area contributed by atoms with Crippen molar-refractivity contribution < 1.29 is 0 Å². The largest absolute Gasteiger partial charge is 0.308 e. The van der Waals surface area contributed by atoms with Crippen LogP contribution < -0.4 is 5.32 Å². The minimum atomic E-state index is 0.183. The number of hydrogen-bond acceptors (Lipinski definition) is 2. The molecule has 1 N–H and O–H groups in total. The van der Waals surface area contributed by atoms with Gasteiger partial charge < -0.3 is 5.32 Å². The summed E-state index contributed by atoms with van der Waals surface area (Å²) in [5.74, 6) is 0. The number of piperidine rings is 1. The van der Waals surface area contributed by atoms with E-state index in [2.05, 4.69) is 51.4 Å². The Morgan fingerprint density at radius 1 is 1.24 bits per heavy atom. The van der Waals surface area contributed by atoms with Gasteiger partial charge in [0.25, 0.3) is 0 Å². The van der Waals surface area contributed by atoms with Crippen LogP contribution in [0.2, 0.25) is 0 Å². The summed E-state index contributed by atoms with van der Waals surface area (Å²) in [7, 11) is 0. The summed E-state index contributed by atoms with van der Waals surface area (Å²) in [5.41, 5.74) is 1.49. The van der Waals surface area contributed by atoms with E-state index >= 15 is 0 Å². The zero-order chi connectivity index (χ0) is 13.1. The summed E-state index contributed by atoms with van der Waals surface area (Å²) in [5, 5.41) is 3.51. The highest BCUT2D eigenvalue weighted by Gasteiger charge is 2.24. The molecule has 100 valence electrons. The van der Waals surface area contributed by atoms with E-state index in [-0.39, 0.29) is 5.54 Å². The molecule has 17 heavy (non-hydrogen) atoms. The first kappa shape index (κ1) is 14.7. The lowest BCUT2D eigenvalue weighted by atomic mass is 9.97. The van der Waals surface area contributed by atoms with Gasteiger partial charge in [-0.05, 0) is 53.0 Å². The predicted octanol–water partition coefficient (Wildman–Crippen LogP) is 3.19. The van der Waals surface area contributed by atoms with Crippen LogP contribution in [0, 0.1) is 0 Å². The lowest BCUT2D eigenvalue weighted by Gasteiger charge is -2.39. The molecule has 0 aromatic heterocycles. The van der Waals surface area contributed by atoms with Gasteiger partial charge in [0, 0.05) is 30.7 Å². The molecule has 2 atom stereocenters. The number of likely N-dealkylation sites (tertiary alicyclic amines) is 1. The Kier molecular flexibility index (Phi) is 5.21. The first-order valence-electron chi connectivity index (χ1n) is 6.97. The van der Waals surface area contributed by atoms with Crippen molar-refractivity contribution in [2.75, 3.05) is 13.1 Å². The molecular formula is C15H30N2. The molecular weight excluding hydrogens is 208 g/mol. The molecule has 0 saturated carbocycles. The Bertz CT molecular complexity index is 242. The van der Waals surface area contributed by atoms with Crippen molar-refractivity contribution in [3.63, 3.8) is 0 Å². The SMILES string of the molecule is C=C(CNC(C)(C)C)CN1C(C)CCCC1C. The van der Waals surface area contributed by atoms with E-state index in [1.807, 2.05) is 0 Å². The second kappa shape index (κ2) is 6.01. The van der Waals surface area contributed by atoms with Crippen LogP contribution >= 0.6 is 0 Å². The molecule has 1 rings (SSSR count). The number of rotatable bonds is 4. The molecule has 2 heteroatoms. The van der Waals surface area contributed by atoms with Crippen LogP contribution in [-0.4, -0.2) is 35.6 Å². The van der Waals surface area contributed by atoms with Gasteiger partial charge >= 0.3 is 0 Å². The lowest BCUT2D eigenvalue weighted by molar-refractivity contribution is 0.114. The van der Waals surface area contributed by atoms with E-state index < -0.39 is 0 Å². The topological polar surface area (TPSA) is 15.3 Å². The molecule has 1 aliphatic rings. The molecule has 1 fully saturated rings. The van der Waals surface area contributed by atoms with Gasteiger partial charge in [-0.3, -0.25) is 4.90 Å². The normalized spacial score (nSPS) is 27.1. The summed E-state index contributed by atoms with van der Waals surface area (Å²) in [4.78, 5) is 2.61. The summed E-state index contributed by atoms with van der Waals surface area (Å²) in [6.07, 6.45) is 4.06. The van der Waals surface area contributed by atoms with Gasteiger partial charge in [0.15, 0.2) is 0 Å². The third-order valence-electron chi connectivity index (χ3n) is 3.65. The van der Waals surface area contributed by atoms with Crippen LogP contribution in [0.15, 0.2) is 12.2 Å². The number of hydrogen-bond donors (Lipinski definition) is 1. The zero-order valence-corrected chi connectivity index (χ0v) is 12.3. The summed E-state index contributed by atoms with van der Waals surface area (Å²) < 4.78 is 0. The maximum absolute atomic E-state index is 4.22. The lowest BCUT2D eigenvalue weighted by Crippen LogP contribution is -2.46. The molecule has 2 nitrogen and oxygen atoms in total. The van der Waals surface area contributed by atoms with Crippen LogP contribution in [0.5, 0.6) is 0 Å². The van der Waals surface area contributed by atoms with Crippen LogP contribution in [0.3, 0.4) is 0 Å². The highest BCUT2D eigenvalue weighted by atomic mass is 15.2. The third-order valence-corrected chi connectivity index (χ3v) is 3.65. The van der Waals surface area contributed by atoms with Gasteiger partial charge in [-0.1, -0.05) is 13.0 Å². The summed E-state index contributed by atoms with van der Waals surface area (Å²) >= 11 is 0. The molecule has 1 saturated heterocycles. The van der Waals surface area contributed by atoms with E-state index in [1.54, 1.807) is 0 Å². The fraction of sp³-hybridized carbons (Fsp3) is 0.867. The minimum Gasteiger partial charge on any atom is -0.308 e. The zero-order valence-electron chi connectivity index (χ0n) is 12.3. The van der Waals surface area contributed by atoms with Gasteiger partial charge in [0.2, 0.25) is 0 Å². The van der Waals surface area contributed by atoms with Crippen molar-refractivity contribution >= 4 is 0 Å². The highest BCUT2D eigenvalue weighted by molar-refractivity contribution is 5.03. The predicted molar refractivity (Wildman–Crippen MR) is 76.4 cm³/mol. The number of nitrogens with zero attached hydrogens (tertiary/aromatic N) is 1. The second-order valence-electron chi connectivity index (χ2n) is 6.65. The smallest absolute Gasteiger partial charge is 0.0208 e. The summed E-state index contributed by atoms with van der Waals surface area (Å²) in [6.45, 7) is 17.5.